The van der Waals surface area contributed by atoms with Crippen molar-refractivity contribution in [2.24, 2.45) is 0 Å². The maximum atomic E-state index is 5.55. The van der Waals surface area contributed by atoms with E-state index in [9.17, 15) is 0 Å². The molecule has 3 heterocycles. The standard InChI is InChI=1S/C9H7BrN6S/c1-4-2-5-6(12-3-13-7(5)17-4)16-8(10)14-9(11)15-16/h2-3H,1H3,(H2,11,15). The summed E-state index contributed by atoms with van der Waals surface area (Å²) in [5.41, 5.74) is 5.55. The number of anilines is 1. The summed E-state index contributed by atoms with van der Waals surface area (Å²) in [6, 6.07) is 2.03. The van der Waals surface area contributed by atoms with Crippen LogP contribution < -0.4 is 5.73 Å². The number of nitrogens with two attached hydrogens (primary N) is 1. The van der Waals surface area contributed by atoms with Crippen LogP contribution in [0, 0.1) is 6.92 Å². The number of aromatic nitrogens is 5. The first kappa shape index (κ1) is 10.6. The molecule has 0 aromatic carbocycles. The van der Waals surface area contributed by atoms with Crippen molar-refractivity contribution in [1.29, 1.82) is 0 Å². The molecule has 6 nitrogen and oxygen atoms in total. The number of nitrogen functional groups attached to an aromatic ring is 1. The molecule has 0 aliphatic rings. The Morgan fingerprint density at radius 1 is 1.41 bits per heavy atom. The molecule has 0 unspecified atom stereocenters. The first-order chi connectivity index (χ1) is 8.15. The van der Waals surface area contributed by atoms with Crippen LogP contribution in [0.25, 0.3) is 16.0 Å². The van der Waals surface area contributed by atoms with Crippen molar-refractivity contribution in [3.63, 3.8) is 0 Å². The van der Waals surface area contributed by atoms with Crippen molar-refractivity contribution in [2.45, 2.75) is 6.92 Å². The molecule has 2 N–H and O–H groups in total. The molecule has 0 aliphatic heterocycles. The lowest BCUT2D eigenvalue weighted by atomic mass is 10.3. The molecule has 86 valence electrons. The highest BCUT2D eigenvalue weighted by molar-refractivity contribution is 9.10. The Balaban J connectivity index is 2.33. The van der Waals surface area contributed by atoms with Gasteiger partial charge in [0.15, 0.2) is 5.82 Å². The summed E-state index contributed by atoms with van der Waals surface area (Å²) < 4.78 is 2.09. The van der Waals surface area contributed by atoms with Gasteiger partial charge in [-0.1, -0.05) is 0 Å². The van der Waals surface area contributed by atoms with E-state index in [-0.39, 0.29) is 5.95 Å². The van der Waals surface area contributed by atoms with E-state index in [1.807, 2.05) is 13.0 Å². The molecule has 17 heavy (non-hydrogen) atoms. The van der Waals surface area contributed by atoms with Crippen molar-refractivity contribution in [2.75, 3.05) is 5.73 Å². The molecule has 0 saturated heterocycles. The minimum absolute atomic E-state index is 0.204. The second kappa shape index (κ2) is 3.74. The second-order valence-corrected chi connectivity index (χ2v) is 5.37. The van der Waals surface area contributed by atoms with Gasteiger partial charge in [-0.3, -0.25) is 0 Å². The molecule has 0 aliphatic carbocycles. The summed E-state index contributed by atoms with van der Waals surface area (Å²) in [6.45, 7) is 2.03. The van der Waals surface area contributed by atoms with Crippen LogP contribution in [0.3, 0.4) is 0 Å². The minimum atomic E-state index is 0.204. The number of aryl methyl sites for hydroxylation is 1. The SMILES string of the molecule is Cc1cc2c(-n3nc(N)nc3Br)ncnc2s1. The largest absolute Gasteiger partial charge is 0.366 e. The molecular weight excluding hydrogens is 304 g/mol. The lowest BCUT2D eigenvalue weighted by Gasteiger charge is -2.01. The van der Waals surface area contributed by atoms with E-state index in [0.29, 0.717) is 10.6 Å². The van der Waals surface area contributed by atoms with Gasteiger partial charge in [-0.2, -0.15) is 9.67 Å². The number of halogens is 1. The lowest BCUT2D eigenvalue weighted by molar-refractivity contribution is 0.832. The molecule has 0 spiro atoms. The molecule has 0 atom stereocenters. The molecule has 0 bridgehead atoms. The Bertz CT molecular complexity index is 703. The van der Waals surface area contributed by atoms with Gasteiger partial charge in [0.05, 0.1) is 5.39 Å². The highest BCUT2D eigenvalue weighted by atomic mass is 79.9. The minimum Gasteiger partial charge on any atom is -0.366 e. The van der Waals surface area contributed by atoms with Gasteiger partial charge in [-0.25, -0.2) is 9.97 Å². The molecule has 0 amide bonds. The molecular formula is C9H7BrN6S. The monoisotopic (exact) mass is 310 g/mol. The maximum Gasteiger partial charge on any atom is 0.240 e. The molecule has 3 aromatic heterocycles. The van der Waals surface area contributed by atoms with E-state index in [1.54, 1.807) is 16.0 Å². The molecule has 0 fully saturated rings. The molecule has 0 radical (unpaired) electrons. The van der Waals surface area contributed by atoms with Gasteiger partial charge >= 0.3 is 0 Å². The predicted molar refractivity (Wildman–Crippen MR) is 69.2 cm³/mol. The third-order valence-corrected chi connectivity index (χ3v) is 3.69. The van der Waals surface area contributed by atoms with Crippen molar-refractivity contribution in [3.8, 4) is 5.82 Å². The van der Waals surface area contributed by atoms with Crippen molar-refractivity contribution >= 4 is 43.4 Å². The number of hydrogen-bond donors (Lipinski definition) is 1. The fourth-order valence-electron chi connectivity index (χ4n) is 1.58. The Labute approximate surface area is 109 Å². The molecule has 0 saturated carbocycles. The second-order valence-electron chi connectivity index (χ2n) is 3.42. The van der Waals surface area contributed by atoms with Crippen LogP contribution in [0.2, 0.25) is 0 Å². The van der Waals surface area contributed by atoms with Gasteiger partial charge in [-0.05, 0) is 28.9 Å². The normalized spacial score (nSPS) is 11.2. The summed E-state index contributed by atoms with van der Waals surface area (Å²) in [5, 5.41) is 5.04. The zero-order valence-corrected chi connectivity index (χ0v) is 11.2. The smallest absolute Gasteiger partial charge is 0.240 e. The predicted octanol–water partition coefficient (Wildman–Crippen LogP) is 1.93. The van der Waals surface area contributed by atoms with E-state index < -0.39 is 0 Å². The number of hydrogen-bond acceptors (Lipinski definition) is 6. The average molecular weight is 311 g/mol. The lowest BCUT2D eigenvalue weighted by Crippen LogP contribution is -2.01. The maximum absolute atomic E-state index is 5.55. The fourth-order valence-corrected chi connectivity index (χ4v) is 2.85. The first-order valence-electron chi connectivity index (χ1n) is 4.74. The summed E-state index contributed by atoms with van der Waals surface area (Å²) in [7, 11) is 0. The van der Waals surface area contributed by atoms with Gasteiger partial charge < -0.3 is 5.73 Å². The van der Waals surface area contributed by atoms with E-state index in [1.165, 1.54) is 11.2 Å². The van der Waals surface area contributed by atoms with Gasteiger partial charge in [0.25, 0.3) is 0 Å². The van der Waals surface area contributed by atoms with Crippen LogP contribution in [-0.4, -0.2) is 24.7 Å². The molecule has 3 rings (SSSR count). The topological polar surface area (TPSA) is 82.5 Å². The van der Waals surface area contributed by atoms with Gasteiger partial charge in [0.2, 0.25) is 10.7 Å². The zero-order chi connectivity index (χ0) is 12.0. The number of nitrogens with zero attached hydrogens (tertiary/aromatic N) is 5. The summed E-state index contributed by atoms with van der Waals surface area (Å²) in [4.78, 5) is 14.5. The fraction of sp³-hybridized carbons (Fsp3) is 0.111. The first-order valence-corrected chi connectivity index (χ1v) is 6.35. The van der Waals surface area contributed by atoms with Crippen LogP contribution in [0.1, 0.15) is 4.88 Å². The Morgan fingerprint density at radius 3 is 2.94 bits per heavy atom. The number of rotatable bonds is 1. The highest BCUT2D eigenvalue weighted by Crippen LogP contribution is 2.27. The Morgan fingerprint density at radius 2 is 2.24 bits per heavy atom. The molecule has 8 heteroatoms. The van der Waals surface area contributed by atoms with Crippen LogP contribution >= 0.6 is 27.3 Å². The van der Waals surface area contributed by atoms with Crippen LogP contribution in [0.15, 0.2) is 17.1 Å². The summed E-state index contributed by atoms with van der Waals surface area (Å²) >= 11 is 4.91. The summed E-state index contributed by atoms with van der Waals surface area (Å²) in [6.07, 6.45) is 1.51. The van der Waals surface area contributed by atoms with Crippen LogP contribution in [-0.2, 0) is 0 Å². The van der Waals surface area contributed by atoms with E-state index in [4.69, 9.17) is 5.73 Å². The number of fused-ring (bicyclic) bond motifs is 1. The van der Waals surface area contributed by atoms with E-state index in [2.05, 4.69) is 36.0 Å². The Kier molecular flexibility index (Phi) is 2.33. The van der Waals surface area contributed by atoms with Crippen molar-refractivity contribution < 1.29 is 0 Å². The van der Waals surface area contributed by atoms with E-state index in [0.717, 1.165) is 10.2 Å². The highest BCUT2D eigenvalue weighted by Gasteiger charge is 2.13. The Hall–Kier alpha value is -1.54. The third-order valence-electron chi connectivity index (χ3n) is 2.22. The zero-order valence-electron chi connectivity index (χ0n) is 8.75. The third kappa shape index (κ3) is 1.69. The van der Waals surface area contributed by atoms with Crippen LogP contribution in [0.4, 0.5) is 5.95 Å². The van der Waals surface area contributed by atoms with Gasteiger partial charge in [0.1, 0.15) is 11.2 Å². The molecule has 3 aromatic rings. The number of thiophene rings is 1. The average Bonchev–Trinajstić information content (AvgIpc) is 2.79. The quantitative estimate of drug-likeness (QED) is 0.742. The van der Waals surface area contributed by atoms with Crippen molar-refractivity contribution in [1.82, 2.24) is 24.7 Å². The van der Waals surface area contributed by atoms with Crippen LogP contribution in [0.5, 0.6) is 0 Å². The summed E-state index contributed by atoms with van der Waals surface area (Å²) in [5.74, 6) is 0.881. The van der Waals surface area contributed by atoms with Gasteiger partial charge in [0, 0.05) is 4.88 Å². The van der Waals surface area contributed by atoms with Crippen molar-refractivity contribution in [3.05, 3.63) is 22.0 Å². The van der Waals surface area contributed by atoms with E-state index >= 15 is 0 Å². The van der Waals surface area contributed by atoms with Gasteiger partial charge in [-0.15, -0.1) is 16.4 Å².